The van der Waals surface area contributed by atoms with E-state index in [1.165, 1.54) is 5.56 Å². The fraction of sp³-hybridized carbons (Fsp3) is 0.273. The zero-order chi connectivity index (χ0) is 9.52. The Morgan fingerprint density at radius 2 is 1.80 bits per heavy atom. The minimum atomic E-state index is 0. The highest BCUT2D eigenvalue weighted by Crippen LogP contribution is 2.04. The van der Waals surface area contributed by atoms with Crippen molar-refractivity contribution >= 4 is 30.9 Å². The molecule has 0 aliphatic carbocycles. The predicted octanol–water partition coefficient (Wildman–Crippen LogP) is 2.22. The van der Waals surface area contributed by atoms with Crippen LogP contribution in [0, 0.1) is 0 Å². The Balaban J connectivity index is 0. The van der Waals surface area contributed by atoms with Gasteiger partial charge in [-0.1, -0.05) is 36.9 Å². The third kappa shape index (κ3) is 6.52. The molecule has 0 radical (unpaired) electrons. The van der Waals surface area contributed by atoms with Gasteiger partial charge in [0.2, 0.25) is 0 Å². The molecule has 1 rings (SSSR count). The maximum Gasteiger partial charge on any atom is 0.0206 e. The lowest BCUT2D eigenvalue weighted by Crippen LogP contribution is -2.21. The summed E-state index contributed by atoms with van der Waals surface area (Å²) in [6.45, 7) is 6.14. The van der Waals surface area contributed by atoms with Crippen molar-refractivity contribution in [1.29, 1.82) is 0 Å². The summed E-state index contributed by atoms with van der Waals surface area (Å²) in [6, 6.07) is 8.32. The van der Waals surface area contributed by atoms with E-state index in [1.807, 2.05) is 6.08 Å². The van der Waals surface area contributed by atoms with Crippen molar-refractivity contribution in [3.8, 4) is 0 Å². The fourth-order valence-corrected chi connectivity index (χ4v) is 1.11. The summed E-state index contributed by atoms with van der Waals surface area (Å²) in [5.41, 5.74) is 7.79. The second-order valence-corrected chi connectivity index (χ2v) is 2.91. The zero-order valence-corrected chi connectivity index (χ0v) is 10.2. The minimum absolute atomic E-state index is 0. The summed E-state index contributed by atoms with van der Waals surface area (Å²) < 4.78 is 0. The van der Waals surface area contributed by atoms with Crippen LogP contribution in [-0.2, 0) is 6.54 Å². The van der Waals surface area contributed by atoms with E-state index in [-0.39, 0.29) is 24.8 Å². The standard InChI is InChI=1S/C11H16N2.2ClH/c1-2-10-3-5-11(6-4-10)9-13-8-7-12;;/h2-6,13H,1,7-9,12H2;2*1H. The largest absolute Gasteiger partial charge is 0.329 e. The molecule has 0 unspecified atom stereocenters. The second-order valence-electron chi connectivity index (χ2n) is 2.91. The maximum atomic E-state index is 5.36. The van der Waals surface area contributed by atoms with Crippen molar-refractivity contribution in [3.63, 3.8) is 0 Å². The number of hydrogen-bond acceptors (Lipinski definition) is 2. The first-order valence-electron chi connectivity index (χ1n) is 4.49. The molecule has 1 aromatic carbocycles. The average molecular weight is 249 g/mol. The maximum absolute atomic E-state index is 5.36. The van der Waals surface area contributed by atoms with Gasteiger partial charge in [0.25, 0.3) is 0 Å². The zero-order valence-electron chi connectivity index (χ0n) is 8.61. The van der Waals surface area contributed by atoms with Gasteiger partial charge in [-0.15, -0.1) is 24.8 Å². The molecular formula is C11H18Cl2N2. The highest BCUT2D eigenvalue weighted by molar-refractivity contribution is 5.85. The number of nitrogens with two attached hydrogens (primary N) is 1. The second kappa shape index (κ2) is 9.99. The number of hydrogen-bond donors (Lipinski definition) is 2. The van der Waals surface area contributed by atoms with E-state index < -0.39 is 0 Å². The average Bonchev–Trinajstić information content (AvgIpc) is 2.19. The van der Waals surface area contributed by atoms with Crippen LogP contribution in [0.2, 0.25) is 0 Å². The molecule has 0 aliphatic rings. The molecule has 0 fully saturated rings. The molecule has 15 heavy (non-hydrogen) atoms. The molecule has 86 valence electrons. The van der Waals surface area contributed by atoms with Crippen LogP contribution in [0.25, 0.3) is 6.08 Å². The summed E-state index contributed by atoms with van der Waals surface area (Å²) in [5, 5.41) is 3.24. The molecule has 0 atom stereocenters. The molecule has 0 bridgehead atoms. The monoisotopic (exact) mass is 248 g/mol. The summed E-state index contributed by atoms with van der Waals surface area (Å²) in [4.78, 5) is 0. The van der Waals surface area contributed by atoms with Gasteiger partial charge in [-0.25, -0.2) is 0 Å². The summed E-state index contributed by atoms with van der Waals surface area (Å²) >= 11 is 0. The molecule has 0 amide bonds. The molecule has 0 saturated heterocycles. The molecule has 1 aromatic rings. The Bertz CT molecular complexity index is 260. The van der Waals surface area contributed by atoms with E-state index in [4.69, 9.17) is 5.73 Å². The fourth-order valence-electron chi connectivity index (χ4n) is 1.11. The normalized spacial score (nSPS) is 8.60. The van der Waals surface area contributed by atoms with Gasteiger partial charge in [0.1, 0.15) is 0 Å². The lowest BCUT2D eigenvalue weighted by Gasteiger charge is -2.03. The summed E-state index contributed by atoms with van der Waals surface area (Å²) in [6.07, 6.45) is 1.84. The Morgan fingerprint density at radius 1 is 1.20 bits per heavy atom. The van der Waals surface area contributed by atoms with Gasteiger partial charge in [0, 0.05) is 19.6 Å². The third-order valence-electron chi connectivity index (χ3n) is 1.87. The van der Waals surface area contributed by atoms with E-state index in [9.17, 15) is 0 Å². The van der Waals surface area contributed by atoms with Crippen molar-refractivity contribution in [3.05, 3.63) is 42.0 Å². The lowest BCUT2D eigenvalue weighted by atomic mass is 10.1. The van der Waals surface area contributed by atoms with Crippen LogP contribution in [-0.4, -0.2) is 13.1 Å². The summed E-state index contributed by atoms with van der Waals surface area (Å²) in [5.74, 6) is 0. The SMILES string of the molecule is C=Cc1ccc(CNCCN)cc1.Cl.Cl. The van der Waals surface area contributed by atoms with E-state index in [2.05, 4.69) is 36.2 Å². The van der Waals surface area contributed by atoms with Crippen LogP contribution < -0.4 is 11.1 Å². The van der Waals surface area contributed by atoms with Crippen molar-refractivity contribution in [1.82, 2.24) is 5.32 Å². The van der Waals surface area contributed by atoms with Gasteiger partial charge in [0.05, 0.1) is 0 Å². The number of nitrogens with one attached hydrogen (secondary N) is 1. The first-order valence-corrected chi connectivity index (χ1v) is 4.49. The molecule has 2 nitrogen and oxygen atoms in total. The smallest absolute Gasteiger partial charge is 0.0206 e. The van der Waals surface area contributed by atoms with Gasteiger partial charge in [-0.05, 0) is 11.1 Å². The molecule has 0 aromatic heterocycles. The van der Waals surface area contributed by atoms with Gasteiger partial charge < -0.3 is 11.1 Å². The highest BCUT2D eigenvalue weighted by Gasteiger charge is 1.91. The van der Waals surface area contributed by atoms with E-state index in [0.717, 1.165) is 18.7 Å². The van der Waals surface area contributed by atoms with Crippen molar-refractivity contribution in [2.75, 3.05) is 13.1 Å². The lowest BCUT2D eigenvalue weighted by molar-refractivity contribution is 0.695. The first kappa shape index (κ1) is 16.9. The van der Waals surface area contributed by atoms with Gasteiger partial charge >= 0.3 is 0 Å². The van der Waals surface area contributed by atoms with Crippen LogP contribution in [0.15, 0.2) is 30.8 Å². The van der Waals surface area contributed by atoms with Gasteiger partial charge in [-0.3, -0.25) is 0 Å². The van der Waals surface area contributed by atoms with E-state index >= 15 is 0 Å². The Hall–Kier alpha value is -0.540. The Labute approximate surface area is 104 Å². The van der Waals surface area contributed by atoms with E-state index in [1.54, 1.807) is 0 Å². The molecular weight excluding hydrogens is 231 g/mol. The molecule has 0 spiro atoms. The van der Waals surface area contributed by atoms with Crippen LogP contribution in [0.1, 0.15) is 11.1 Å². The molecule has 0 saturated carbocycles. The van der Waals surface area contributed by atoms with Crippen LogP contribution in [0.3, 0.4) is 0 Å². The minimum Gasteiger partial charge on any atom is -0.329 e. The van der Waals surface area contributed by atoms with Crippen LogP contribution in [0.4, 0.5) is 0 Å². The quantitative estimate of drug-likeness (QED) is 0.785. The topological polar surface area (TPSA) is 38.0 Å². The Morgan fingerprint density at radius 3 is 2.27 bits per heavy atom. The number of rotatable bonds is 5. The predicted molar refractivity (Wildman–Crippen MR) is 71.8 cm³/mol. The molecule has 0 aliphatic heterocycles. The van der Waals surface area contributed by atoms with E-state index in [0.29, 0.717) is 6.54 Å². The highest BCUT2D eigenvalue weighted by atomic mass is 35.5. The number of halogens is 2. The van der Waals surface area contributed by atoms with Gasteiger partial charge in [-0.2, -0.15) is 0 Å². The third-order valence-corrected chi connectivity index (χ3v) is 1.87. The molecule has 3 N–H and O–H groups in total. The Kier molecular flexibility index (Phi) is 11.2. The molecule has 4 heteroatoms. The number of benzene rings is 1. The van der Waals surface area contributed by atoms with Crippen molar-refractivity contribution in [2.24, 2.45) is 5.73 Å². The summed E-state index contributed by atoms with van der Waals surface area (Å²) in [7, 11) is 0. The first-order chi connectivity index (χ1) is 6.36. The van der Waals surface area contributed by atoms with Gasteiger partial charge in [0.15, 0.2) is 0 Å². The van der Waals surface area contributed by atoms with Crippen LogP contribution >= 0.6 is 24.8 Å². The van der Waals surface area contributed by atoms with Crippen molar-refractivity contribution < 1.29 is 0 Å². The van der Waals surface area contributed by atoms with Crippen molar-refractivity contribution in [2.45, 2.75) is 6.54 Å². The molecule has 0 heterocycles. The van der Waals surface area contributed by atoms with Crippen LogP contribution in [0.5, 0.6) is 0 Å².